The van der Waals surface area contributed by atoms with Gasteiger partial charge in [-0.15, -0.1) is 0 Å². The third-order valence-corrected chi connectivity index (χ3v) is 7.72. The van der Waals surface area contributed by atoms with Gasteiger partial charge in [0.2, 0.25) is 10.0 Å². The number of urea groups is 1. The molecule has 12 heteroatoms. The molecule has 180 valence electrons. The number of amides is 2. The van der Waals surface area contributed by atoms with E-state index in [1.165, 1.54) is 22.5 Å². The first-order valence-electron chi connectivity index (χ1n) is 10.6. The first-order chi connectivity index (χ1) is 15.7. The predicted octanol–water partition coefficient (Wildman–Crippen LogP) is 2.19. The smallest absolute Gasteiger partial charge is 0.338 e. The normalized spacial score (nSPS) is 19.1. The summed E-state index contributed by atoms with van der Waals surface area (Å²) in [7, 11) is -3.85. The molecule has 2 aliphatic heterocycles. The van der Waals surface area contributed by atoms with Gasteiger partial charge in [-0.1, -0.05) is 18.5 Å². The van der Waals surface area contributed by atoms with Gasteiger partial charge in [-0.05, 0) is 44.4 Å². The minimum atomic E-state index is -3.85. The monoisotopic (exact) mass is 499 g/mol. The summed E-state index contributed by atoms with van der Waals surface area (Å²) in [5, 5.41) is 5.12. The largest absolute Gasteiger partial charge is 0.463 e. The second kappa shape index (κ2) is 10.5. The van der Waals surface area contributed by atoms with Gasteiger partial charge in [0.25, 0.3) is 0 Å². The fraction of sp³-hybridized carbons (Fsp3) is 0.476. The first kappa shape index (κ1) is 25.0. The van der Waals surface area contributed by atoms with Crippen LogP contribution in [0.15, 0.2) is 34.4 Å². The lowest BCUT2D eigenvalue weighted by atomic mass is 10.0. The van der Waals surface area contributed by atoms with Crippen LogP contribution in [0.4, 0.5) is 4.79 Å². The van der Waals surface area contributed by atoms with Crippen LogP contribution >= 0.6 is 11.6 Å². The van der Waals surface area contributed by atoms with Gasteiger partial charge in [-0.2, -0.15) is 4.31 Å². The summed E-state index contributed by atoms with van der Waals surface area (Å²) in [4.78, 5) is 36.9. The third kappa shape index (κ3) is 5.48. The topological polar surface area (TPSA) is 131 Å². The van der Waals surface area contributed by atoms with E-state index in [1.54, 1.807) is 13.8 Å². The van der Waals surface area contributed by atoms with Crippen LogP contribution in [0.2, 0.25) is 5.02 Å². The number of hydrogen-bond acceptors (Lipinski definition) is 7. The highest BCUT2D eigenvalue weighted by molar-refractivity contribution is 7.89. The van der Waals surface area contributed by atoms with Crippen molar-refractivity contribution >= 4 is 39.6 Å². The molecule has 0 unspecified atom stereocenters. The van der Waals surface area contributed by atoms with Crippen molar-refractivity contribution in [1.82, 2.24) is 14.9 Å². The quantitative estimate of drug-likeness (QED) is 0.524. The average Bonchev–Trinajstić information content (AvgIpc) is 3.33. The van der Waals surface area contributed by atoms with Crippen LogP contribution in [0.3, 0.4) is 0 Å². The summed E-state index contributed by atoms with van der Waals surface area (Å²) in [5.41, 5.74) is 0.249. The molecule has 0 saturated carbocycles. The summed E-state index contributed by atoms with van der Waals surface area (Å²) in [6, 6.07) is 2.72. The zero-order valence-electron chi connectivity index (χ0n) is 18.4. The molecule has 2 amide bonds. The Bertz CT molecular complexity index is 1080. The van der Waals surface area contributed by atoms with E-state index in [0.717, 1.165) is 12.8 Å². The Hall–Kier alpha value is -2.63. The highest BCUT2D eigenvalue weighted by Crippen LogP contribution is 2.28. The molecule has 2 aliphatic rings. The molecule has 0 spiro atoms. The van der Waals surface area contributed by atoms with Crippen molar-refractivity contribution in [2.24, 2.45) is 0 Å². The SMILES string of the molecule is CCOC(=O)C1=C(COC(=O)c2ccc(Cl)c(S(=O)(=O)N3CCCC3)c2)NC(=O)N[C@@H]1CC. The van der Waals surface area contributed by atoms with E-state index in [4.69, 9.17) is 21.1 Å². The minimum absolute atomic E-state index is 0.00200. The van der Waals surface area contributed by atoms with Crippen LogP contribution in [0, 0.1) is 0 Å². The lowest BCUT2D eigenvalue weighted by Crippen LogP contribution is -2.51. The van der Waals surface area contributed by atoms with Crippen molar-refractivity contribution in [1.29, 1.82) is 0 Å². The Morgan fingerprint density at radius 2 is 1.85 bits per heavy atom. The summed E-state index contributed by atoms with van der Waals surface area (Å²) in [5.74, 6) is -1.46. The second-order valence-electron chi connectivity index (χ2n) is 7.50. The van der Waals surface area contributed by atoms with Crippen molar-refractivity contribution < 1.29 is 32.3 Å². The van der Waals surface area contributed by atoms with E-state index < -0.39 is 40.6 Å². The Kier molecular flexibility index (Phi) is 7.98. The Morgan fingerprint density at radius 1 is 1.15 bits per heavy atom. The van der Waals surface area contributed by atoms with Gasteiger partial charge in [-0.3, -0.25) is 0 Å². The van der Waals surface area contributed by atoms with Crippen molar-refractivity contribution in [2.45, 2.75) is 44.0 Å². The zero-order chi connectivity index (χ0) is 24.2. The highest BCUT2D eigenvalue weighted by atomic mass is 35.5. The standard InChI is InChI=1S/C21H26ClN3O7S/c1-3-15-18(20(27)31-4-2)16(24-21(28)23-15)12-32-19(26)13-7-8-14(22)17(11-13)33(29,30)25-9-5-6-10-25/h7-8,11,15H,3-6,9-10,12H2,1-2H3,(H2,23,24,28)/t15-/m1/s1. The number of hydrogen-bond donors (Lipinski definition) is 2. The maximum atomic E-state index is 12.9. The van der Waals surface area contributed by atoms with Crippen molar-refractivity contribution in [3.05, 3.63) is 40.1 Å². The molecule has 1 aromatic carbocycles. The summed E-state index contributed by atoms with van der Waals surface area (Å²) in [6.45, 7) is 3.96. The molecule has 0 bridgehead atoms. The maximum absolute atomic E-state index is 12.9. The maximum Gasteiger partial charge on any atom is 0.338 e. The number of esters is 2. The molecule has 0 aromatic heterocycles. The van der Waals surface area contributed by atoms with E-state index in [9.17, 15) is 22.8 Å². The molecule has 2 heterocycles. The van der Waals surface area contributed by atoms with Crippen molar-refractivity contribution in [3.8, 4) is 0 Å². The second-order valence-corrected chi connectivity index (χ2v) is 9.82. The number of nitrogens with zero attached hydrogens (tertiary/aromatic N) is 1. The fourth-order valence-corrected chi connectivity index (χ4v) is 5.71. The number of benzene rings is 1. The number of sulfonamides is 1. The van der Waals surface area contributed by atoms with Crippen LogP contribution in [0.5, 0.6) is 0 Å². The molecule has 0 aliphatic carbocycles. The molecule has 1 fully saturated rings. The number of halogens is 1. The summed E-state index contributed by atoms with van der Waals surface area (Å²) < 4.78 is 37.5. The van der Waals surface area contributed by atoms with E-state index >= 15 is 0 Å². The molecular weight excluding hydrogens is 474 g/mol. The van der Waals surface area contributed by atoms with Crippen molar-refractivity contribution in [2.75, 3.05) is 26.3 Å². The fourth-order valence-electron chi connectivity index (χ4n) is 3.69. The molecule has 3 rings (SSSR count). The number of carbonyl (C=O) groups is 3. The number of ether oxygens (including phenoxy) is 2. The third-order valence-electron chi connectivity index (χ3n) is 5.34. The highest BCUT2D eigenvalue weighted by Gasteiger charge is 2.33. The molecule has 1 aromatic rings. The zero-order valence-corrected chi connectivity index (χ0v) is 19.9. The van der Waals surface area contributed by atoms with Crippen LogP contribution in [0.25, 0.3) is 0 Å². The minimum Gasteiger partial charge on any atom is -0.463 e. The Balaban J connectivity index is 1.83. The van der Waals surface area contributed by atoms with Gasteiger partial charge in [0.15, 0.2) is 0 Å². The van der Waals surface area contributed by atoms with Gasteiger partial charge >= 0.3 is 18.0 Å². The molecule has 33 heavy (non-hydrogen) atoms. The van der Waals surface area contributed by atoms with E-state index in [1.807, 2.05) is 0 Å². The number of nitrogens with one attached hydrogen (secondary N) is 2. The Morgan fingerprint density at radius 3 is 2.48 bits per heavy atom. The van der Waals surface area contributed by atoms with Gasteiger partial charge in [-0.25, -0.2) is 22.8 Å². The van der Waals surface area contributed by atoms with Gasteiger partial charge < -0.3 is 20.1 Å². The molecule has 1 saturated heterocycles. The summed E-state index contributed by atoms with van der Waals surface area (Å²) >= 11 is 6.12. The van der Waals surface area contributed by atoms with E-state index in [2.05, 4.69) is 10.6 Å². The lowest BCUT2D eigenvalue weighted by Gasteiger charge is -2.28. The predicted molar refractivity (Wildman–Crippen MR) is 119 cm³/mol. The molecule has 10 nitrogen and oxygen atoms in total. The average molecular weight is 500 g/mol. The summed E-state index contributed by atoms with van der Waals surface area (Å²) in [6.07, 6.45) is 1.94. The lowest BCUT2D eigenvalue weighted by molar-refractivity contribution is -0.139. The van der Waals surface area contributed by atoms with E-state index in [0.29, 0.717) is 19.5 Å². The molecule has 2 N–H and O–H groups in total. The van der Waals surface area contributed by atoms with Crippen LogP contribution in [-0.2, 0) is 24.3 Å². The molecular formula is C21H26ClN3O7S. The van der Waals surface area contributed by atoms with E-state index in [-0.39, 0.29) is 33.4 Å². The van der Waals surface area contributed by atoms with Crippen LogP contribution in [-0.4, -0.2) is 63.0 Å². The van der Waals surface area contributed by atoms with Gasteiger partial charge in [0, 0.05) is 13.1 Å². The number of carbonyl (C=O) groups excluding carboxylic acids is 3. The van der Waals surface area contributed by atoms with Gasteiger partial charge in [0.1, 0.15) is 11.5 Å². The van der Waals surface area contributed by atoms with Crippen LogP contribution < -0.4 is 10.6 Å². The Labute approximate surface area is 197 Å². The first-order valence-corrected chi connectivity index (χ1v) is 12.4. The molecule has 1 atom stereocenters. The van der Waals surface area contributed by atoms with Gasteiger partial charge in [0.05, 0.1) is 34.5 Å². The number of rotatable bonds is 8. The molecule has 0 radical (unpaired) electrons. The van der Waals surface area contributed by atoms with Crippen LogP contribution in [0.1, 0.15) is 43.5 Å². The van der Waals surface area contributed by atoms with Crippen molar-refractivity contribution in [3.63, 3.8) is 0 Å².